The number of ketones is 1. The van der Waals surface area contributed by atoms with E-state index in [-0.39, 0.29) is 37.0 Å². The average Bonchev–Trinajstić information content (AvgIpc) is 3.00. The highest BCUT2D eigenvalue weighted by molar-refractivity contribution is 5.91. The topological polar surface area (TPSA) is 111 Å². The molecule has 2 aliphatic heterocycles. The molecule has 2 heterocycles. The number of hydrogen-bond donors (Lipinski definition) is 3. The Bertz CT molecular complexity index is 759. The minimum atomic E-state index is -0.636. The van der Waals surface area contributed by atoms with Gasteiger partial charge in [-0.25, -0.2) is 9.18 Å². The Morgan fingerprint density at radius 2 is 2.19 bits per heavy atom. The first-order chi connectivity index (χ1) is 12.9. The summed E-state index contributed by atoms with van der Waals surface area (Å²) in [5, 5.41) is 11.5. The van der Waals surface area contributed by atoms with Crippen LogP contribution in [0.4, 0.5) is 20.6 Å². The second-order valence-electron chi connectivity index (χ2n) is 6.55. The van der Waals surface area contributed by atoms with Crippen molar-refractivity contribution in [1.82, 2.24) is 10.8 Å². The number of halogens is 1. The third-order valence-corrected chi connectivity index (χ3v) is 4.62. The quantitative estimate of drug-likeness (QED) is 0.635. The summed E-state index contributed by atoms with van der Waals surface area (Å²) in [5.74, 6) is -1.01. The summed E-state index contributed by atoms with van der Waals surface area (Å²) in [4.78, 5) is 37.8. The van der Waals surface area contributed by atoms with E-state index in [1.165, 1.54) is 24.0 Å². The molecule has 27 heavy (non-hydrogen) atoms. The van der Waals surface area contributed by atoms with Gasteiger partial charge in [0.25, 0.3) is 0 Å². The van der Waals surface area contributed by atoms with Crippen LogP contribution in [-0.4, -0.2) is 61.3 Å². The van der Waals surface area contributed by atoms with Gasteiger partial charge in [-0.15, -0.1) is 0 Å². The van der Waals surface area contributed by atoms with Crippen molar-refractivity contribution < 1.29 is 28.7 Å². The number of nitrogens with zero attached hydrogens (tertiary/aromatic N) is 2. The van der Waals surface area contributed by atoms with E-state index >= 15 is 0 Å². The smallest absolute Gasteiger partial charge is 0.414 e. The highest BCUT2D eigenvalue weighted by atomic mass is 19.1. The maximum Gasteiger partial charge on any atom is 0.414 e. The molecule has 0 spiro atoms. The van der Waals surface area contributed by atoms with E-state index in [0.717, 1.165) is 0 Å². The molecule has 1 aromatic carbocycles. The van der Waals surface area contributed by atoms with E-state index < -0.39 is 24.1 Å². The molecule has 9 nitrogen and oxygen atoms in total. The number of Topliss-reactive ketones (excluding diaryl/α,β-unsaturated/α-hetero) is 1. The van der Waals surface area contributed by atoms with Crippen LogP contribution in [0.15, 0.2) is 18.2 Å². The Hall–Kier alpha value is -2.72. The first-order valence-corrected chi connectivity index (χ1v) is 8.58. The summed E-state index contributed by atoms with van der Waals surface area (Å²) in [5.41, 5.74) is 2.55. The molecule has 2 aliphatic rings. The molecular formula is C17H21FN4O5. The fourth-order valence-corrected chi connectivity index (χ4v) is 3.18. The molecule has 0 aromatic heterocycles. The number of amides is 2. The molecule has 1 unspecified atom stereocenters. The molecular weight excluding hydrogens is 359 g/mol. The van der Waals surface area contributed by atoms with Crippen molar-refractivity contribution in [2.45, 2.75) is 25.5 Å². The van der Waals surface area contributed by atoms with E-state index in [1.807, 2.05) is 5.48 Å². The summed E-state index contributed by atoms with van der Waals surface area (Å²) in [7, 11) is 0. The number of cyclic esters (lactones) is 1. The lowest BCUT2D eigenvalue weighted by molar-refractivity contribution is -0.123. The lowest BCUT2D eigenvalue weighted by Gasteiger charge is -2.32. The Kier molecular flexibility index (Phi) is 5.57. The fraction of sp³-hybridized carbons (Fsp3) is 0.471. The third-order valence-electron chi connectivity index (χ3n) is 4.62. The Morgan fingerprint density at radius 1 is 1.41 bits per heavy atom. The number of carbonyl (C=O) groups excluding carboxylic acids is 3. The number of carbonyl (C=O) groups is 3. The van der Waals surface area contributed by atoms with Gasteiger partial charge in [0, 0.05) is 13.5 Å². The predicted octanol–water partition coefficient (Wildman–Crippen LogP) is 0.414. The third kappa shape index (κ3) is 4.17. The second kappa shape index (κ2) is 7.89. The minimum absolute atomic E-state index is 0.0148. The first-order valence-electron chi connectivity index (χ1n) is 8.58. The molecule has 1 aromatic rings. The summed E-state index contributed by atoms with van der Waals surface area (Å²) in [6.45, 7) is 2.15. The summed E-state index contributed by atoms with van der Waals surface area (Å²) >= 11 is 0. The van der Waals surface area contributed by atoms with Gasteiger partial charge < -0.3 is 20.2 Å². The maximum atomic E-state index is 14.6. The van der Waals surface area contributed by atoms with E-state index in [0.29, 0.717) is 18.7 Å². The molecule has 0 saturated carbocycles. The van der Waals surface area contributed by atoms with E-state index in [9.17, 15) is 18.8 Å². The highest BCUT2D eigenvalue weighted by Gasteiger charge is 2.33. The van der Waals surface area contributed by atoms with Gasteiger partial charge in [0.2, 0.25) is 5.91 Å². The number of benzene rings is 1. The molecule has 2 fully saturated rings. The summed E-state index contributed by atoms with van der Waals surface area (Å²) < 4.78 is 19.8. The van der Waals surface area contributed by atoms with Gasteiger partial charge in [-0.2, -0.15) is 5.48 Å². The molecule has 2 atom stereocenters. The predicted molar refractivity (Wildman–Crippen MR) is 93.2 cm³/mol. The van der Waals surface area contributed by atoms with Crippen molar-refractivity contribution in [2.75, 3.05) is 36.0 Å². The van der Waals surface area contributed by atoms with Crippen molar-refractivity contribution in [3.63, 3.8) is 0 Å². The lowest BCUT2D eigenvalue weighted by atomic mass is 10.0. The standard InChI is InChI=1S/C17H21FN4O5/c1-10(23)19-7-12-8-22(17(25)27-12)11-2-3-15(13(18)6-11)21-5-4-14(20-26)16(24)9-21/h2-3,6,12,14,20,26H,4-5,7-9H2,1H3,(H,19,23)/t12-,14?/m0/s1. The maximum absolute atomic E-state index is 14.6. The molecule has 3 rings (SSSR count). The van der Waals surface area contributed by atoms with Gasteiger partial charge in [0.15, 0.2) is 5.78 Å². The van der Waals surface area contributed by atoms with Crippen LogP contribution < -0.4 is 20.6 Å². The van der Waals surface area contributed by atoms with Crippen LogP contribution in [0.25, 0.3) is 0 Å². The van der Waals surface area contributed by atoms with Gasteiger partial charge in [-0.3, -0.25) is 14.5 Å². The van der Waals surface area contributed by atoms with Gasteiger partial charge in [-0.05, 0) is 24.6 Å². The van der Waals surface area contributed by atoms with Crippen molar-refractivity contribution in [1.29, 1.82) is 0 Å². The van der Waals surface area contributed by atoms with Crippen LogP contribution in [0.3, 0.4) is 0 Å². The van der Waals surface area contributed by atoms with Gasteiger partial charge in [0.1, 0.15) is 11.9 Å². The number of ether oxygens (including phenoxy) is 1. The first kappa shape index (κ1) is 19.1. The molecule has 3 N–H and O–H groups in total. The summed E-state index contributed by atoms with van der Waals surface area (Å²) in [6.07, 6.45) is -0.755. The number of piperidine rings is 1. The largest absolute Gasteiger partial charge is 0.442 e. The van der Waals surface area contributed by atoms with Crippen molar-refractivity contribution in [2.24, 2.45) is 0 Å². The molecule has 0 aliphatic carbocycles. The van der Waals surface area contributed by atoms with Crippen LogP contribution in [0, 0.1) is 5.82 Å². The molecule has 0 bridgehead atoms. The molecule has 10 heteroatoms. The number of nitrogens with one attached hydrogen (secondary N) is 2. The van der Waals surface area contributed by atoms with Crippen LogP contribution in [-0.2, 0) is 14.3 Å². The minimum Gasteiger partial charge on any atom is -0.442 e. The number of hydrogen-bond acceptors (Lipinski definition) is 7. The van der Waals surface area contributed by atoms with E-state index in [1.54, 1.807) is 11.0 Å². The SMILES string of the molecule is CC(=O)NC[C@H]1CN(c2ccc(N3CCC(NO)C(=O)C3)c(F)c2)C(=O)O1. The van der Waals surface area contributed by atoms with Crippen molar-refractivity contribution in [3.05, 3.63) is 24.0 Å². The van der Waals surface area contributed by atoms with Crippen molar-refractivity contribution in [3.8, 4) is 0 Å². The zero-order chi connectivity index (χ0) is 19.6. The van der Waals surface area contributed by atoms with Crippen LogP contribution in [0.5, 0.6) is 0 Å². The van der Waals surface area contributed by atoms with E-state index in [4.69, 9.17) is 9.94 Å². The Balaban J connectivity index is 1.69. The normalized spacial score (nSPS) is 22.8. The van der Waals surface area contributed by atoms with Crippen molar-refractivity contribution >= 4 is 29.2 Å². The zero-order valence-corrected chi connectivity index (χ0v) is 14.8. The Labute approximate surface area is 155 Å². The average molecular weight is 380 g/mol. The van der Waals surface area contributed by atoms with Crippen LogP contribution in [0.1, 0.15) is 13.3 Å². The monoisotopic (exact) mass is 380 g/mol. The lowest BCUT2D eigenvalue weighted by Crippen LogP contribution is -2.49. The van der Waals surface area contributed by atoms with Crippen LogP contribution >= 0.6 is 0 Å². The van der Waals surface area contributed by atoms with Gasteiger partial charge in [-0.1, -0.05) is 0 Å². The highest BCUT2D eigenvalue weighted by Crippen LogP contribution is 2.29. The van der Waals surface area contributed by atoms with Crippen LogP contribution in [0.2, 0.25) is 0 Å². The second-order valence-corrected chi connectivity index (χ2v) is 6.55. The number of anilines is 2. The molecule has 0 radical (unpaired) electrons. The Morgan fingerprint density at radius 3 is 2.81 bits per heavy atom. The fourth-order valence-electron chi connectivity index (χ4n) is 3.18. The van der Waals surface area contributed by atoms with E-state index in [2.05, 4.69) is 5.32 Å². The van der Waals surface area contributed by atoms with Gasteiger partial charge in [0.05, 0.1) is 37.1 Å². The zero-order valence-electron chi connectivity index (χ0n) is 14.8. The number of rotatable bonds is 5. The molecule has 2 amide bonds. The van der Waals surface area contributed by atoms with Gasteiger partial charge >= 0.3 is 6.09 Å². The molecule has 2 saturated heterocycles. The molecule has 146 valence electrons. The number of hydroxylamine groups is 1. The summed E-state index contributed by atoms with van der Waals surface area (Å²) in [6, 6.07) is 3.68.